The molecule has 2 aliphatic carbocycles. The molecular formula is C10H18. The van der Waals surface area contributed by atoms with Crippen molar-refractivity contribution in [2.75, 3.05) is 0 Å². The number of hydrogen-bond donors (Lipinski definition) is 0. The molecule has 58 valence electrons. The van der Waals surface area contributed by atoms with E-state index in [1.54, 1.807) is 0 Å². The lowest BCUT2D eigenvalue weighted by Gasteiger charge is -2.29. The number of hydrogen-bond acceptors (Lipinski definition) is 0. The van der Waals surface area contributed by atoms with Crippen LogP contribution in [0.5, 0.6) is 0 Å². The molecule has 2 rings (SSSR count). The largest absolute Gasteiger partial charge is 0.0596 e. The molecule has 0 radical (unpaired) electrons. The van der Waals surface area contributed by atoms with E-state index < -0.39 is 0 Å². The van der Waals surface area contributed by atoms with Crippen LogP contribution < -0.4 is 0 Å². The second kappa shape index (κ2) is 1.60. The van der Waals surface area contributed by atoms with Gasteiger partial charge in [0.1, 0.15) is 0 Å². The van der Waals surface area contributed by atoms with E-state index in [0.29, 0.717) is 5.41 Å². The van der Waals surface area contributed by atoms with Crippen molar-refractivity contribution in [1.82, 2.24) is 0 Å². The van der Waals surface area contributed by atoms with Gasteiger partial charge in [0.05, 0.1) is 0 Å². The summed E-state index contributed by atoms with van der Waals surface area (Å²) in [7, 11) is 0. The topological polar surface area (TPSA) is 0 Å². The third kappa shape index (κ3) is 0.627. The van der Waals surface area contributed by atoms with Crippen LogP contribution in [0.4, 0.5) is 0 Å². The first-order valence-corrected chi connectivity index (χ1v) is 4.56. The zero-order valence-electron chi connectivity index (χ0n) is 7.41. The zero-order chi connectivity index (χ0) is 7.41. The minimum absolute atomic E-state index is 0.591. The Morgan fingerprint density at radius 3 is 2.20 bits per heavy atom. The van der Waals surface area contributed by atoms with E-state index in [1.165, 1.54) is 25.7 Å². The first-order valence-electron chi connectivity index (χ1n) is 4.56. The monoisotopic (exact) mass is 138 g/mol. The van der Waals surface area contributed by atoms with Crippen molar-refractivity contribution in [3.8, 4) is 0 Å². The summed E-state index contributed by atoms with van der Waals surface area (Å²) >= 11 is 0. The van der Waals surface area contributed by atoms with Crippen LogP contribution in [0.2, 0.25) is 0 Å². The molecule has 0 spiro atoms. The summed E-state index contributed by atoms with van der Waals surface area (Å²) in [5.41, 5.74) is 1.39. The molecule has 0 aromatic carbocycles. The van der Waals surface area contributed by atoms with Crippen molar-refractivity contribution in [3.05, 3.63) is 0 Å². The maximum absolute atomic E-state index is 2.42. The van der Waals surface area contributed by atoms with Crippen molar-refractivity contribution in [2.24, 2.45) is 16.7 Å². The van der Waals surface area contributed by atoms with Gasteiger partial charge in [-0.15, -0.1) is 0 Å². The Kier molecular flexibility index (Phi) is 1.07. The fourth-order valence-electron chi connectivity index (χ4n) is 3.02. The molecule has 0 aliphatic heterocycles. The summed E-state index contributed by atoms with van der Waals surface area (Å²) < 4.78 is 0. The van der Waals surface area contributed by atoms with Crippen molar-refractivity contribution < 1.29 is 0 Å². The van der Waals surface area contributed by atoms with Crippen LogP contribution in [0.15, 0.2) is 0 Å². The molecule has 0 saturated heterocycles. The molecule has 0 heterocycles. The summed E-state index contributed by atoms with van der Waals surface area (Å²) in [6, 6.07) is 0. The zero-order valence-corrected chi connectivity index (χ0v) is 7.41. The average Bonchev–Trinajstić information content (AvgIpc) is 2.36. The molecule has 0 N–H and O–H groups in total. The highest BCUT2D eigenvalue weighted by Crippen LogP contribution is 2.71. The molecule has 0 bridgehead atoms. The molecule has 2 unspecified atom stereocenters. The minimum atomic E-state index is 0.591. The smallest absolute Gasteiger partial charge is 0.0218 e. The Bertz CT molecular complexity index is 152. The van der Waals surface area contributed by atoms with Gasteiger partial charge in [-0.3, -0.25) is 0 Å². The van der Waals surface area contributed by atoms with Crippen LogP contribution >= 0.6 is 0 Å². The molecule has 2 atom stereocenters. The van der Waals surface area contributed by atoms with E-state index in [4.69, 9.17) is 0 Å². The summed E-state index contributed by atoms with van der Waals surface area (Å²) in [6.07, 6.45) is 6.08. The molecule has 2 aliphatic rings. The van der Waals surface area contributed by atoms with Crippen LogP contribution in [0.3, 0.4) is 0 Å². The quantitative estimate of drug-likeness (QED) is 0.482. The van der Waals surface area contributed by atoms with Gasteiger partial charge in [0, 0.05) is 0 Å². The third-order valence-electron chi connectivity index (χ3n) is 3.90. The number of fused-ring (bicyclic) bond motifs is 1. The molecule has 0 heteroatoms. The summed E-state index contributed by atoms with van der Waals surface area (Å²) in [5, 5.41) is 0. The lowest BCUT2D eigenvalue weighted by molar-refractivity contribution is 0.203. The Morgan fingerprint density at radius 1 is 1.30 bits per heavy atom. The molecule has 0 aromatic heterocycles. The number of rotatable bonds is 0. The normalized spacial score (nSPS) is 45.3. The fourth-order valence-corrected chi connectivity index (χ4v) is 3.02. The van der Waals surface area contributed by atoms with Gasteiger partial charge in [0.15, 0.2) is 0 Å². The molecule has 10 heavy (non-hydrogen) atoms. The SMILES string of the molecule is CC(C)(C)C12CCCC1C2. The van der Waals surface area contributed by atoms with Crippen molar-refractivity contribution in [1.29, 1.82) is 0 Å². The van der Waals surface area contributed by atoms with E-state index in [9.17, 15) is 0 Å². The molecular weight excluding hydrogens is 120 g/mol. The Labute approximate surface area is 64.0 Å². The fraction of sp³-hybridized carbons (Fsp3) is 1.00. The standard InChI is InChI=1S/C10H18/c1-9(2,3)10-6-4-5-8(10)7-10/h8H,4-7H2,1-3H3. The van der Waals surface area contributed by atoms with Crippen LogP contribution in [0.1, 0.15) is 46.5 Å². The maximum Gasteiger partial charge on any atom is -0.0218 e. The highest BCUT2D eigenvalue weighted by Gasteiger charge is 2.62. The maximum atomic E-state index is 2.42. The highest BCUT2D eigenvalue weighted by molar-refractivity contribution is 5.11. The molecule has 0 amide bonds. The molecule has 2 saturated carbocycles. The van der Waals surface area contributed by atoms with Crippen molar-refractivity contribution in [3.63, 3.8) is 0 Å². The Morgan fingerprint density at radius 2 is 2.00 bits per heavy atom. The highest BCUT2D eigenvalue weighted by atomic mass is 14.7. The Balaban J connectivity index is 2.18. The predicted octanol–water partition coefficient (Wildman–Crippen LogP) is 3.22. The second-order valence-electron chi connectivity index (χ2n) is 5.20. The van der Waals surface area contributed by atoms with Crippen LogP contribution in [-0.2, 0) is 0 Å². The summed E-state index contributed by atoms with van der Waals surface area (Å²) in [5.74, 6) is 1.12. The van der Waals surface area contributed by atoms with Crippen molar-refractivity contribution >= 4 is 0 Å². The van der Waals surface area contributed by atoms with Crippen LogP contribution in [0.25, 0.3) is 0 Å². The summed E-state index contributed by atoms with van der Waals surface area (Å²) in [6.45, 7) is 7.24. The van der Waals surface area contributed by atoms with E-state index in [1.807, 2.05) is 0 Å². The molecule has 2 fully saturated rings. The van der Waals surface area contributed by atoms with Gasteiger partial charge in [-0.05, 0) is 36.0 Å². The second-order valence-corrected chi connectivity index (χ2v) is 5.20. The lowest BCUT2D eigenvalue weighted by Crippen LogP contribution is -2.21. The van der Waals surface area contributed by atoms with Gasteiger partial charge in [-0.2, -0.15) is 0 Å². The van der Waals surface area contributed by atoms with E-state index in [0.717, 1.165) is 11.3 Å². The predicted molar refractivity (Wildman–Crippen MR) is 43.8 cm³/mol. The van der Waals surface area contributed by atoms with Gasteiger partial charge in [-0.1, -0.05) is 27.2 Å². The van der Waals surface area contributed by atoms with Gasteiger partial charge >= 0.3 is 0 Å². The molecule has 0 aromatic rings. The molecule has 0 nitrogen and oxygen atoms in total. The van der Waals surface area contributed by atoms with Gasteiger partial charge in [0.25, 0.3) is 0 Å². The lowest BCUT2D eigenvalue weighted by atomic mass is 9.76. The van der Waals surface area contributed by atoms with Gasteiger partial charge in [0.2, 0.25) is 0 Å². The van der Waals surface area contributed by atoms with Gasteiger partial charge in [-0.25, -0.2) is 0 Å². The first-order chi connectivity index (χ1) is 4.56. The van der Waals surface area contributed by atoms with Crippen molar-refractivity contribution in [2.45, 2.75) is 46.5 Å². The third-order valence-corrected chi connectivity index (χ3v) is 3.90. The van der Waals surface area contributed by atoms with E-state index in [2.05, 4.69) is 20.8 Å². The van der Waals surface area contributed by atoms with E-state index in [-0.39, 0.29) is 0 Å². The van der Waals surface area contributed by atoms with Gasteiger partial charge < -0.3 is 0 Å². The minimum Gasteiger partial charge on any atom is -0.0596 e. The first kappa shape index (κ1) is 6.69. The van der Waals surface area contributed by atoms with Crippen LogP contribution in [0, 0.1) is 16.7 Å². The van der Waals surface area contributed by atoms with Crippen LogP contribution in [-0.4, -0.2) is 0 Å². The average molecular weight is 138 g/mol. The van der Waals surface area contributed by atoms with E-state index >= 15 is 0 Å². The summed E-state index contributed by atoms with van der Waals surface area (Å²) in [4.78, 5) is 0. The Hall–Kier alpha value is 0.